The summed E-state index contributed by atoms with van der Waals surface area (Å²) in [5.41, 5.74) is 24.3. The van der Waals surface area contributed by atoms with Crippen LogP contribution in [0.15, 0.2) is 59.6 Å². The van der Waals surface area contributed by atoms with Crippen LogP contribution in [0.2, 0.25) is 0 Å². The quantitative estimate of drug-likeness (QED) is 0.0951. The summed E-state index contributed by atoms with van der Waals surface area (Å²) >= 11 is 0. The number of hydrogen-bond acceptors (Lipinski definition) is 5. The summed E-state index contributed by atoms with van der Waals surface area (Å²) in [6.07, 6.45) is 6.90. The molecule has 0 bridgehead atoms. The van der Waals surface area contributed by atoms with Crippen molar-refractivity contribution in [2.75, 3.05) is 6.54 Å². The zero-order valence-electron chi connectivity index (χ0n) is 24.1. The van der Waals surface area contributed by atoms with Gasteiger partial charge in [-0.2, -0.15) is 0 Å². The first-order chi connectivity index (χ1) is 20.1. The lowest BCUT2D eigenvalue weighted by Gasteiger charge is -2.29. The molecular formula is C31H44N8O3. The monoisotopic (exact) mass is 576 g/mol. The van der Waals surface area contributed by atoms with E-state index in [1.165, 1.54) is 0 Å². The number of benzene rings is 2. The van der Waals surface area contributed by atoms with Crippen LogP contribution in [0.4, 0.5) is 0 Å². The number of nitrogens with zero attached hydrogens (tertiary/aromatic N) is 1. The van der Waals surface area contributed by atoms with Gasteiger partial charge in [-0.15, -0.1) is 0 Å². The minimum atomic E-state index is -0.915. The zero-order chi connectivity index (χ0) is 30.5. The third kappa shape index (κ3) is 10.2. The summed E-state index contributed by atoms with van der Waals surface area (Å²) in [5, 5.41) is 13.4. The summed E-state index contributed by atoms with van der Waals surface area (Å²) in [6, 6.07) is 14.9. The summed E-state index contributed by atoms with van der Waals surface area (Å²) in [6.45, 7) is 0.302. The first-order valence-electron chi connectivity index (χ1n) is 14.6. The molecule has 0 radical (unpaired) electrons. The maximum atomic E-state index is 13.9. The predicted molar refractivity (Wildman–Crippen MR) is 165 cm³/mol. The van der Waals surface area contributed by atoms with Crippen LogP contribution in [0, 0.1) is 11.3 Å². The molecule has 2 aromatic carbocycles. The Morgan fingerprint density at radius 2 is 1.50 bits per heavy atom. The zero-order valence-corrected chi connectivity index (χ0v) is 24.1. The van der Waals surface area contributed by atoms with Gasteiger partial charge in [-0.3, -0.25) is 24.8 Å². The molecular weight excluding hydrogens is 532 g/mol. The maximum absolute atomic E-state index is 13.9. The molecule has 2 aromatic rings. The molecule has 1 aliphatic carbocycles. The Labute approximate surface area is 247 Å². The maximum Gasteiger partial charge on any atom is 0.243 e. The fourth-order valence-electron chi connectivity index (χ4n) is 5.42. The van der Waals surface area contributed by atoms with Crippen LogP contribution < -0.4 is 33.6 Å². The molecule has 1 unspecified atom stereocenters. The van der Waals surface area contributed by atoms with E-state index in [2.05, 4.69) is 15.6 Å². The molecule has 11 heteroatoms. The largest absolute Gasteiger partial charge is 0.384 e. The second kappa shape index (κ2) is 16.1. The fourth-order valence-corrected chi connectivity index (χ4v) is 5.42. The van der Waals surface area contributed by atoms with Crippen LogP contribution in [-0.2, 0) is 20.8 Å². The number of amides is 3. The molecule has 0 spiro atoms. The van der Waals surface area contributed by atoms with Gasteiger partial charge in [0.1, 0.15) is 17.9 Å². The van der Waals surface area contributed by atoms with Crippen LogP contribution in [0.5, 0.6) is 0 Å². The van der Waals surface area contributed by atoms with Crippen LogP contribution in [0.25, 0.3) is 0 Å². The second-order valence-corrected chi connectivity index (χ2v) is 11.0. The van der Waals surface area contributed by atoms with Gasteiger partial charge in [0.25, 0.3) is 0 Å². The lowest BCUT2D eigenvalue weighted by Crippen LogP contribution is -2.54. The van der Waals surface area contributed by atoms with Gasteiger partial charge in [0.15, 0.2) is 5.96 Å². The van der Waals surface area contributed by atoms with E-state index in [1.807, 2.05) is 42.5 Å². The highest BCUT2D eigenvalue weighted by Crippen LogP contribution is 2.28. The molecule has 1 fully saturated rings. The predicted octanol–water partition coefficient (Wildman–Crippen LogP) is 1.78. The summed E-state index contributed by atoms with van der Waals surface area (Å²) < 4.78 is 0. The van der Waals surface area contributed by atoms with Crippen molar-refractivity contribution in [3.8, 4) is 0 Å². The topological polar surface area (TPSA) is 216 Å². The molecule has 0 aliphatic heterocycles. The van der Waals surface area contributed by atoms with E-state index in [4.69, 9.17) is 28.3 Å². The molecule has 3 atom stereocenters. The Balaban J connectivity index is 1.80. The van der Waals surface area contributed by atoms with E-state index in [9.17, 15) is 14.4 Å². The SMILES string of the molecule is N=C(N)c1ccc(C[C@H](C(=O)N[C@@H](CC2CCCCC2)C(=O)NC(CCCN=C(N)N)C(N)=O)c2ccccc2)cc1. The van der Waals surface area contributed by atoms with E-state index in [-0.39, 0.29) is 30.0 Å². The van der Waals surface area contributed by atoms with Gasteiger partial charge in [-0.05, 0) is 42.7 Å². The van der Waals surface area contributed by atoms with Gasteiger partial charge >= 0.3 is 0 Å². The molecule has 42 heavy (non-hydrogen) atoms. The minimum Gasteiger partial charge on any atom is -0.384 e. The van der Waals surface area contributed by atoms with Crippen molar-refractivity contribution in [2.45, 2.75) is 75.8 Å². The number of carbonyl (C=O) groups excluding carboxylic acids is 3. The molecule has 0 heterocycles. The number of nitrogens with two attached hydrogens (primary N) is 4. The van der Waals surface area contributed by atoms with Gasteiger partial charge < -0.3 is 33.6 Å². The third-order valence-corrected chi connectivity index (χ3v) is 7.76. The fraction of sp³-hybridized carbons (Fsp3) is 0.452. The van der Waals surface area contributed by atoms with Crippen molar-refractivity contribution >= 4 is 29.5 Å². The lowest BCUT2D eigenvalue weighted by atomic mass is 9.84. The molecule has 11 nitrogen and oxygen atoms in total. The normalized spacial score (nSPS) is 15.5. The lowest BCUT2D eigenvalue weighted by molar-refractivity contribution is -0.132. The van der Waals surface area contributed by atoms with Crippen molar-refractivity contribution < 1.29 is 14.4 Å². The highest BCUT2D eigenvalue weighted by molar-refractivity contribution is 5.95. The third-order valence-electron chi connectivity index (χ3n) is 7.76. The Kier molecular flexibility index (Phi) is 12.3. The first-order valence-corrected chi connectivity index (χ1v) is 14.6. The number of hydrogen-bond donors (Lipinski definition) is 7. The molecule has 3 amide bonds. The van der Waals surface area contributed by atoms with Crippen LogP contribution in [0.3, 0.4) is 0 Å². The number of aliphatic imine (C=N–C) groups is 1. The Morgan fingerprint density at radius 1 is 0.857 bits per heavy atom. The van der Waals surface area contributed by atoms with Crippen molar-refractivity contribution in [1.29, 1.82) is 5.41 Å². The Bertz CT molecular complexity index is 1220. The highest BCUT2D eigenvalue weighted by atomic mass is 16.2. The van der Waals surface area contributed by atoms with Crippen LogP contribution in [-0.4, -0.2) is 48.1 Å². The summed E-state index contributed by atoms with van der Waals surface area (Å²) in [5.74, 6) is -1.73. The van der Waals surface area contributed by atoms with Crippen molar-refractivity contribution in [3.63, 3.8) is 0 Å². The minimum absolute atomic E-state index is 0.0269. The van der Waals surface area contributed by atoms with Gasteiger partial charge in [-0.25, -0.2) is 0 Å². The standard InChI is InChI=1S/C31H44N8O3/c32-27(33)23-15-13-21(14-16-23)18-24(22-10-5-2-6-11-22)29(41)39-26(19-20-8-3-1-4-9-20)30(42)38-25(28(34)40)12-7-17-37-31(35)36/h2,5-6,10-11,13-16,20,24-26H,1,3-4,7-9,12,17-19H2,(H3,32,33)(H2,34,40)(H,38,42)(H,39,41)(H4,35,36,37)/t24-,25?,26-/m0/s1. The number of primary amides is 1. The van der Waals surface area contributed by atoms with Crippen LogP contribution in [0.1, 0.15) is 74.0 Å². The highest BCUT2D eigenvalue weighted by Gasteiger charge is 2.31. The van der Waals surface area contributed by atoms with Crippen molar-refractivity contribution in [1.82, 2.24) is 10.6 Å². The number of amidine groups is 1. The van der Waals surface area contributed by atoms with Crippen molar-refractivity contribution in [3.05, 3.63) is 71.3 Å². The Morgan fingerprint density at radius 3 is 2.10 bits per heavy atom. The molecule has 11 N–H and O–H groups in total. The van der Waals surface area contributed by atoms with Gasteiger partial charge in [0.2, 0.25) is 17.7 Å². The van der Waals surface area contributed by atoms with E-state index < -0.39 is 29.8 Å². The molecule has 1 aliphatic rings. The number of guanidine groups is 1. The number of rotatable bonds is 15. The van der Waals surface area contributed by atoms with Crippen molar-refractivity contribution in [2.24, 2.45) is 33.8 Å². The molecule has 0 saturated heterocycles. The number of carbonyl (C=O) groups is 3. The van der Waals surface area contributed by atoms with Gasteiger partial charge in [0, 0.05) is 12.1 Å². The number of nitrogens with one attached hydrogen (secondary N) is 3. The van der Waals surface area contributed by atoms with Gasteiger partial charge in [-0.1, -0.05) is 86.7 Å². The summed E-state index contributed by atoms with van der Waals surface area (Å²) in [7, 11) is 0. The molecule has 226 valence electrons. The smallest absolute Gasteiger partial charge is 0.243 e. The Hall–Kier alpha value is -4.41. The first kappa shape index (κ1) is 32.1. The number of nitrogen functional groups attached to an aromatic ring is 1. The van der Waals surface area contributed by atoms with E-state index in [0.717, 1.165) is 43.2 Å². The van der Waals surface area contributed by atoms with E-state index in [0.29, 0.717) is 31.4 Å². The molecule has 0 aromatic heterocycles. The van der Waals surface area contributed by atoms with Gasteiger partial charge in [0.05, 0.1) is 5.92 Å². The summed E-state index contributed by atoms with van der Waals surface area (Å²) in [4.78, 5) is 43.6. The average Bonchev–Trinajstić information content (AvgIpc) is 2.97. The van der Waals surface area contributed by atoms with Crippen LogP contribution >= 0.6 is 0 Å². The second-order valence-electron chi connectivity index (χ2n) is 11.0. The van der Waals surface area contributed by atoms with E-state index in [1.54, 1.807) is 12.1 Å². The molecule has 1 saturated carbocycles. The van der Waals surface area contributed by atoms with E-state index >= 15 is 0 Å². The molecule has 3 rings (SSSR count). The average molecular weight is 577 g/mol.